The third-order valence-corrected chi connectivity index (χ3v) is 6.89. The molecule has 0 bridgehead atoms. The second-order valence-electron chi connectivity index (χ2n) is 7.81. The number of hydrogen-bond donors (Lipinski definition) is 0. The van der Waals surface area contributed by atoms with Gasteiger partial charge in [-0.15, -0.1) is 0 Å². The number of pyridine rings is 1. The van der Waals surface area contributed by atoms with Crippen molar-refractivity contribution in [2.24, 2.45) is 0 Å². The molecule has 30 heavy (non-hydrogen) atoms. The topological polar surface area (TPSA) is 60.7 Å². The van der Waals surface area contributed by atoms with Crippen molar-refractivity contribution in [2.75, 3.05) is 6.26 Å². The van der Waals surface area contributed by atoms with Gasteiger partial charge in [0.1, 0.15) is 11.8 Å². The largest absolute Gasteiger partial charge is 0.360 e. The molecule has 2 atom stereocenters. The molecule has 6 heteroatoms. The van der Waals surface area contributed by atoms with Crippen LogP contribution in [0.15, 0.2) is 71.8 Å². The predicted octanol–water partition coefficient (Wildman–Crippen LogP) is 4.89. The lowest BCUT2D eigenvalue weighted by molar-refractivity contribution is 0.0424. The number of hydrogen-bond acceptors (Lipinski definition) is 4. The molecule has 0 amide bonds. The van der Waals surface area contributed by atoms with Crippen molar-refractivity contribution in [3.63, 3.8) is 0 Å². The highest BCUT2D eigenvalue weighted by molar-refractivity contribution is 7.90. The normalized spacial score (nSPS) is 18.6. The third-order valence-electron chi connectivity index (χ3n) is 5.76. The molecule has 0 N–H and O–H groups in total. The van der Waals surface area contributed by atoms with Gasteiger partial charge in [0.25, 0.3) is 0 Å². The van der Waals surface area contributed by atoms with Gasteiger partial charge in [0.15, 0.2) is 9.84 Å². The van der Waals surface area contributed by atoms with Crippen LogP contribution in [0.2, 0.25) is 0 Å². The van der Waals surface area contributed by atoms with Gasteiger partial charge < -0.3 is 9.14 Å². The summed E-state index contributed by atoms with van der Waals surface area (Å²) in [6, 6.07) is 19.3. The third kappa shape index (κ3) is 3.04. The van der Waals surface area contributed by atoms with Gasteiger partial charge in [0.2, 0.25) is 0 Å². The van der Waals surface area contributed by atoms with Crippen LogP contribution in [0, 0.1) is 6.92 Å². The van der Waals surface area contributed by atoms with Gasteiger partial charge in [0, 0.05) is 12.5 Å². The van der Waals surface area contributed by atoms with Crippen LogP contribution in [0.3, 0.4) is 0 Å². The predicted molar refractivity (Wildman–Crippen MR) is 116 cm³/mol. The molecule has 1 aliphatic rings. The molecule has 0 unspecified atom stereocenters. The van der Waals surface area contributed by atoms with Crippen LogP contribution >= 0.6 is 0 Å². The van der Waals surface area contributed by atoms with E-state index in [1.807, 2.05) is 43.3 Å². The zero-order valence-corrected chi connectivity index (χ0v) is 17.8. The summed E-state index contributed by atoms with van der Waals surface area (Å²) < 4.78 is 31.9. The summed E-state index contributed by atoms with van der Waals surface area (Å²) in [5.74, 6) is 0. The minimum Gasteiger partial charge on any atom is -0.360 e. The van der Waals surface area contributed by atoms with E-state index in [-0.39, 0.29) is 12.2 Å². The summed E-state index contributed by atoms with van der Waals surface area (Å²) in [6.07, 6.45) is 3.13. The molecule has 4 aromatic rings. The smallest absolute Gasteiger partial charge is 0.175 e. The highest BCUT2D eigenvalue weighted by atomic mass is 32.2. The Bertz CT molecular complexity index is 1370. The van der Waals surface area contributed by atoms with Crippen LogP contribution in [0.4, 0.5) is 0 Å². The number of aryl methyl sites for hydroxylation is 1. The van der Waals surface area contributed by atoms with Crippen LogP contribution in [-0.2, 0) is 14.6 Å². The maximum Gasteiger partial charge on any atom is 0.175 e. The Labute approximate surface area is 175 Å². The first kappa shape index (κ1) is 19.0. The minimum atomic E-state index is -3.22. The van der Waals surface area contributed by atoms with Gasteiger partial charge in [-0.05, 0) is 60.4 Å². The molecule has 0 aliphatic carbocycles. The number of ether oxygens (including phenoxy) is 1. The van der Waals surface area contributed by atoms with E-state index in [2.05, 4.69) is 29.7 Å². The Hall–Kier alpha value is -2.96. The fraction of sp³-hybridized carbons (Fsp3) is 0.208. The van der Waals surface area contributed by atoms with Crippen molar-refractivity contribution in [3.8, 4) is 11.1 Å². The van der Waals surface area contributed by atoms with Crippen molar-refractivity contribution in [3.05, 3.63) is 89.4 Å². The number of nitrogens with zero attached hydrogens (tertiary/aromatic N) is 2. The van der Waals surface area contributed by atoms with Gasteiger partial charge in [-0.2, -0.15) is 0 Å². The van der Waals surface area contributed by atoms with E-state index in [4.69, 9.17) is 9.72 Å². The van der Waals surface area contributed by atoms with Gasteiger partial charge in [-0.1, -0.05) is 36.4 Å². The monoisotopic (exact) mass is 418 g/mol. The number of fused-ring (bicyclic) bond motifs is 2. The molecule has 152 valence electrons. The van der Waals surface area contributed by atoms with Crippen LogP contribution in [0.1, 0.15) is 41.6 Å². The van der Waals surface area contributed by atoms with Crippen LogP contribution in [0.5, 0.6) is 0 Å². The summed E-state index contributed by atoms with van der Waals surface area (Å²) in [5, 5.41) is 0. The number of benzene rings is 2. The molecule has 2 aromatic carbocycles. The standard InChI is InChI=1S/C24H22N2O3S/c1-15-23(24-21-7-5-4-6-20(21)16(2)29-24)26-14-18(10-13-22(26)25-15)17-8-11-19(12-9-17)30(3,27)28/h4-14,16,24H,1-3H3/t16-,24-/m0/s1. The quantitative estimate of drug-likeness (QED) is 0.475. The minimum absolute atomic E-state index is 0.0304. The summed E-state index contributed by atoms with van der Waals surface area (Å²) in [6.45, 7) is 4.09. The summed E-state index contributed by atoms with van der Waals surface area (Å²) in [7, 11) is -3.22. The highest BCUT2D eigenvalue weighted by Crippen LogP contribution is 2.43. The molecule has 1 aliphatic heterocycles. The SMILES string of the molecule is Cc1nc2ccc(-c3ccc(S(C)(=O)=O)cc3)cn2c1[C@H]1O[C@@H](C)c2ccccc21. The van der Waals surface area contributed by atoms with Gasteiger partial charge >= 0.3 is 0 Å². The van der Waals surface area contributed by atoms with Gasteiger partial charge in [-0.25, -0.2) is 13.4 Å². The van der Waals surface area contributed by atoms with E-state index in [9.17, 15) is 8.42 Å². The molecule has 0 saturated carbocycles. The Balaban J connectivity index is 1.63. The molecule has 0 spiro atoms. The van der Waals surface area contributed by atoms with E-state index < -0.39 is 9.84 Å². The van der Waals surface area contributed by atoms with Crippen molar-refractivity contribution >= 4 is 15.5 Å². The Morgan fingerprint density at radius 2 is 1.60 bits per heavy atom. The summed E-state index contributed by atoms with van der Waals surface area (Å²) >= 11 is 0. The lowest BCUT2D eigenvalue weighted by Crippen LogP contribution is -2.05. The van der Waals surface area contributed by atoms with Gasteiger partial charge in [0.05, 0.1) is 22.4 Å². The number of sulfone groups is 1. The van der Waals surface area contributed by atoms with Crippen molar-refractivity contribution in [2.45, 2.75) is 31.0 Å². The first-order valence-corrected chi connectivity index (χ1v) is 11.8. The Kier molecular flexibility index (Phi) is 4.31. The van der Waals surface area contributed by atoms with Crippen molar-refractivity contribution in [1.29, 1.82) is 0 Å². The Morgan fingerprint density at radius 1 is 0.933 bits per heavy atom. The van der Waals surface area contributed by atoms with Crippen molar-refractivity contribution < 1.29 is 13.2 Å². The maximum atomic E-state index is 11.8. The molecular formula is C24H22N2O3S. The van der Waals surface area contributed by atoms with E-state index >= 15 is 0 Å². The lowest BCUT2D eigenvalue weighted by Gasteiger charge is -2.14. The summed E-state index contributed by atoms with van der Waals surface area (Å²) in [5.41, 5.74) is 7.15. The molecule has 2 aromatic heterocycles. The highest BCUT2D eigenvalue weighted by Gasteiger charge is 2.33. The Morgan fingerprint density at radius 3 is 2.30 bits per heavy atom. The van der Waals surface area contributed by atoms with Crippen LogP contribution < -0.4 is 0 Å². The molecule has 0 radical (unpaired) electrons. The molecule has 3 heterocycles. The zero-order valence-electron chi connectivity index (χ0n) is 17.0. The van der Waals surface area contributed by atoms with Crippen molar-refractivity contribution in [1.82, 2.24) is 9.38 Å². The average Bonchev–Trinajstić information content (AvgIpc) is 3.23. The molecular weight excluding hydrogens is 396 g/mol. The molecule has 0 saturated heterocycles. The average molecular weight is 419 g/mol. The first-order valence-electron chi connectivity index (χ1n) is 9.86. The van der Waals surface area contributed by atoms with E-state index in [0.29, 0.717) is 4.90 Å². The zero-order chi connectivity index (χ0) is 21.0. The second kappa shape index (κ2) is 6.79. The second-order valence-corrected chi connectivity index (χ2v) is 9.83. The van der Waals surface area contributed by atoms with Gasteiger partial charge in [-0.3, -0.25) is 0 Å². The fourth-order valence-electron chi connectivity index (χ4n) is 4.24. The van der Waals surface area contributed by atoms with E-state index in [1.165, 1.54) is 17.4 Å². The molecule has 5 nitrogen and oxygen atoms in total. The number of rotatable bonds is 3. The first-order chi connectivity index (χ1) is 14.3. The van der Waals surface area contributed by atoms with E-state index in [0.717, 1.165) is 28.2 Å². The van der Waals surface area contributed by atoms with Crippen LogP contribution in [0.25, 0.3) is 16.8 Å². The summed E-state index contributed by atoms with van der Waals surface area (Å²) in [4.78, 5) is 5.06. The maximum absolute atomic E-state index is 11.8. The fourth-order valence-corrected chi connectivity index (χ4v) is 4.87. The van der Waals surface area contributed by atoms with Crippen LogP contribution in [-0.4, -0.2) is 24.1 Å². The number of aromatic nitrogens is 2. The van der Waals surface area contributed by atoms with E-state index in [1.54, 1.807) is 12.1 Å². The molecule has 0 fully saturated rings. The number of imidazole rings is 1. The molecule has 5 rings (SSSR count). The lowest BCUT2D eigenvalue weighted by atomic mass is 10.00.